The summed E-state index contributed by atoms with van der Waals surface area (Å²) in [7, 11) is 0. The van der Waals surface area contributed by atoms with Gasteiger partial charge in [0.1, 0.15) is 12.3 Å². The van der Waals surface area contributed by atoms with Crippen LogP contribution < -0.4 is 9.64 Å². The molecule has 2 aromatic heterocycles. The number of alkyl halides is 3. The van der Waals surface area contributed by atoms with Crippen molar-refractivity contribution < 1.29 is 27.5 Å². The van der Waals surface area contributed by atoms with Gasteiger partial charge in [-0.25, -0.2) is 14.4 Å². The minimum atomic E-state index is -4.82. The molecule has 3 heterocycles. The molecule has 11 heteroatoms. The van der Waals surface area contributed by atoms with Gasteiger partial charge in [0.15, 0.2) is 0 Å². The van der Waals surface area contributed by atoms with Gasteiger partial charge in [-0.2, -0.15) is 5.10 Å². The number of hydrogen-bond acceptors (Lipinski definition) is 5. The molecule has 1 saturated heterocycles. The molecule has 3 amide bonds. The van der Waals surface area contributed by atoms with Gasteiger partial charge in [-0.15, -0.1) is 13.2 Å². The first-order valence-corrected chi connectivity index (χ1v) is 8.72. The van der Waals surface area contributed by atoms with E-state index in [2.05, 4.69) is 14.8 Å². The van der Waals surface area contributed by atoms with Crippen LogP contribution in [-0.2, 0) is 11.3 Å². The Balaban J connectivity index is 1.53. The van der Waals surface area contributed by atoms with Crippen molar-refractivity contribution in [1.82, 2.24) is 19.7 Å². The highest BCUT2D eigenvalue weighted by atomic mass is 19.4. The molecule has 154 valence electrons. The van der Waals surface area contributed by atoms with Crippen molar-refractivity contribution in [2.45, 2.75) is 12.9 Å². The van der Waals surface area contributed by atoms with Gasteiger partial charge >= 0.3 is 12.4 Å². The summed E-state index contributed by atoms with van der Waals surface area (Å²) >= 11 is 0. The number of amides is 3. The third-order valence-electron chi connectivity index (χ3n) is 4.37. The maximum atomic E-state index is 12.8. The van der Waals surface area contributed by atoms with Gasteiger partial charge in [-0.05, 0) is 36.4 Å². The predicted octanol–water partition coefficient (Wildman–Crippen LogP) is 3.13. The Morgan fingerprint density at radius 1 is 1.07 bits per heavy atom. The fourth-order valence-corrected chi connectivity index (χ4v) is 3.10. The molecule has 0 atom stereocenters. The summed E-state index contributed by atoms with van der Waals surface area (Å²) in [5.41, 5.74) is 1.55. The average molecular weight is 417 g/mol. The minimum Gasteiger partial charge on any atom is -0.406 e. The summed E-state index contributed by atoms with van der Waals surface area (Å²) in [6.07, 6.45) is 1.68. The Bertz CT molecular complexity index is 1070. The van der Waals surface area contributed by atoms with Gasteiger partial charge in [0, 0.05) is 24.2 Å². The number of carbonyl (C=O) groups excluding carboxylic acids is 2. The summed E-state index contributed by atoms with van der Waals surface area (Å²) in [6, 6.07) is 7.43. The van der Waals surface area contributed by atoms with Crippen molar-refractivity contribution in [3.8, 4) is 11.4 Å². The molecule has 0 bridgehead atoms. The lowest BCUT2D eigenvalue weighted by Crippen LogP contribution is -2.33. The quantitative estimate of drug-likeness (QED) is 0.596. The lowest BCUT2D eigenvalue weighted by Gasteiger charge is -2.19. The fraction of sp³-hybridized carbons (Fsp3) is 0.158. The zero-order valence-corrected chi connectivity index (χ0v) is 15.3. The highest BCUT2D eigenvalue weighted by molar-refractivity contribution is 6.19. The van der Waals surface area contributed by atoms with Crippen LogP contribution in [0.2, 0.25) is 0 Å². The van der Waals surface area contributed by atoms with Gasteiger partial charge in [-0.3, -0.25) is 9.78 Å². The zero-order chi connectivity index (χ0) is 21.3. The van der Waals surface area contributed by atoms with Crippen LogP contribution in [0.15, 0.2) is 61.2 Å². The number of pyridine rings is 1. The first-order valence-electron chi connectivity index (χ1n) is 8.72. The molecule has 8 nitrogen and oxygen atoms in total. The second kappa shape index (κ2) is 7.50. The van der Waals surface area contributed by atoms with Crippen molar-refractivity contribution in [2.24, 2.45) is 0 Å². The van der Waals surface area contributed by atoms with Gasteiger partial charge in [0.2, 0.25) is 0 Å². The van der Waals surface area contributed by atoms with E-state index in [0.717, 1.165) is 22.6 Å². The van der Waals surface area contributed by atoms with Crippen molar-refractivity contribution in [2.75, 3.05) is 11.4 Å². The molecule has 0 aliphatic carbocycles. The summed E-state index contributed by atoms with van der Waals surface area (Å²) in [4.78, 5) is 31.6. The normalized spacial score (nSPS) is 14.5. The number of halogens is 3. The van der Waals surface area contributed by atoms with Crippen LogP contribution in [0.3, 0.4) is 0 Å². The molecular formula is C19H14F3N5O3. The largest absolute Gasteiger partial charge is 0.573 e. The second-order valence-electron chi connectivity index (χ2n) is 6.36. The lowest BCUT2D eigenvalue weighted by atomic mass is 10.2. The van der Waals surface area contributed by atoms with E-state index in [9.17, 15) is 22.8 Å². The van der Waals surface area contributed by atoms with Crippen LogP contribution in [0.25, 0.3) is 5.69 Å². The number of benzene rings is 1. The minimum absolute atomic E-state index is 0.133. The molecule has 0 saturated carbocycles. The fourth-order valence-electron chi connectivity index (χ4n) is 3.10. The number of anilines is 1. The van der Waals surface area contributed by atoms with Gasteiger partial charge in [0.05, 0.1) is 24.1 Å². The molecule has 4 rings (SSSR count). The highest BCUT2D eigenvalue weighted by Crippen LogP contribution is 2.28. The van der Waals surface area contributed by atoms with E-state index in [0.29, 0.717) is 5.69 Å². The number of hydrogen-bond donors (Lipinski definition) is 0. The SMILES string of the molecule is O=C1CN(Cc2ccncc2-n2cccn2)C(=O)N1c1ccc(OC(F)(F)F)cc1. The molecule has 1 aromatic carbocycles. The van der Waals surface area contributed by atoms with Gasteiger partial charge in [0.25, 0.3) is 5.91 Å². The molecule has 1 aliphatic rings. The van der Waals surface area contributed by atoms with Crippen LogP contribution in [-0.4, -0.2) is 44.5 Å². The van der Waals surface area contributed by atoms with Crippen LogP contribution in [0.1, 0.15) is 5.56 Å². The summed E-state index contributed by atoms with van der Waals surface area (Å²) in [5.74, 6) is -0.929. The number of nitrogens with zero attached hydrogens (tertiary/aromatic N) is 5. The molecule has 0 radical (unpaired) electrons. The Morgan fingerprint density at radius 2 is 1.83 bits per heavy atom. The molecule has 3 aromatic rings. The molecule has 0 spiro atoms. The first-order chi connectivity index (χ1) is 14.3. The third-order valence-corrected chi connectivity index (χ3v) is 4.37. The van der Waals surface area contributed by atoms with E-state index >= 15 is 0 Å². The van der Waals surface area contributed by atoms with Crippen molar-refractivity contribution in [3.63, 3.8) is 0 Å². The van der Waals surface area contributed by atoms with Crippen LogP contribution in [0, 0.1) is 0 Å². The highest BCUT2D eigenvalue weighted by Gasteiger charge is 2.37. The van der Waals surface area contributed by atoms with Crippen LogP contribution >= 0.6 is 0 Å². The molecule has 1 aliphatic heterocycles. The van der Waals surface area contributed by atoms with E-state index in [1.165, 1.54) is 17.0 Å². The Labute approximate surface area is 168 Å². The molecule has 0 N–H and O–H groups in total. The van der Waals surface area contributed by atoms with Crippen LogP contribution in [0.4, 0.5) is 23.7 Å². The lowest BCUT2D eigenvalue weighted by molar-refractivity contribution is -0.274. The average Bonchev–Trinajstić information content (AvgIpc) is 3.31. The van der Waals surface area contributed by atoms with E-state index < -0.39 is 24.1 Å². The Morgan fingerprint density at radius 3 is 2.50 bits per heavy atom. The molecular weight excluding hydrogens is 403 g/mol. The topological polar surface area (TPSA) is 80.6 Å². The predicted molar refractivity (Wildman–Crippen MR) is 97.8 cm³/mol. The zero-order valence-electron chi connectivity index (χ0n) is 15.3. The van der Waals surface area contributed by atoms with Crippen molar-refractivity contribution in [1.29, 1.82) is 0 Å². The van der Waals surface area contributed by atoms with E-state index in [4.69, 9.17) is 0 Å². The Hall–Kier alpha value is -3.89. The molecule has 30 heavy (non-hydrogen) atoms. The Kier molecular flexibility index (Phi) is 4.86. The van der Waals surface area contributed by atoms with Gasteiger partial charge < -0.3 is 9.64 Å². The van der Waals surface area contributed by atoms with Crippen molar-refractivity contribution in [3.05, 3.63) is 66.7 Å². The molecule has 0 unspecified atom stereocenters. The van der Waals surface area contributed by atoms with Crippen LogP contribution in [0.5, 0.6) is 5.75 Å². The number of urea groups is 1. The smallest absolute Gasteiger partial charge is 0.406 e. The number of carbonyl (C=O) groups is 2. The molecule has 1 fully saturated rings. The van der Waals surface area contributed by atoms with E-state index in [-0.39, 0.29) is 18.8 Å². The summed E-state index contributed by atoms with van der Waals surface area (Å²) in [5, 5.41) is 4.16. The monoisotopic (exact) mass is 417 g/mol. The van der Waals surface area contributed by atoms with Gasteiger partial charge in [-0.1, -0.05) is 0 Å². The number of ether oxygens (including phenoxy) is 1. The summed E-state index contributed by atoms with van der Waals surface area (Å²) < 4.78 is 42.3. The number of imide groups is 1. The maximum Gasteiger partial charge on any atom is 0.573 e. The summed E-state index contributed by atoms with van der Waals surface area (Å²) in [6.45, 7) is -0.0332. The number of aromatic nitrogens is 3. The maximum absolute atomic E-state index is 12.8. The standard InChI is InChI=1S/C19H14F3N5O3/c20-19(21,22)30-15-4-2-14(3-5-15)27-17(28)12-25(18(27)29)11-13-6-8-23-10-16(13)26-9-1-7-24-26/h1-10H,11-12H2. The van der Waals surface area contributed by atoms with E-state index in [1.54, 1.807) is 41.6 Å². The number of rotatable bonds is 5. The van der Waals surface area contributed by atoms with Crippen molar-refractivity contribution >= 4 is 17.6 Å². The third kappa shape index (κ3) is 3.95. The first kappa shape index (κ1) is 19.4. The second-order valence-corrected chi connectivity index (χ2v) is 6.36. The van der Waals surface area contributed by atoms with E-state index in [1.807, 2.05) is 0 Å².